The second-order valence-corrected chi connectivity index (χ2v) is 7.49. The van der Waals surface area contributed by atoms with Crippen molar-refractivity contribution < 1.29 is 34.1 Å². The molecule has 0 aliphatic heterocycles. The normalized spacial score (nSPS) is 10.1. The molecule has 0 N–H and O–H groups in total. The van der Waals surface area contributed by atoms with Crippen molar-refractivity contribution in [3.05, 3.63) is 16.2 Å². The molecule has 0 radical (unpaired) electrons. The molecule has 0 spiro atoms. The summed E-state index contributed by atoms with van der Waals surface area (Å²) in [6.07, 6.45) is 3.56. The number of halogens is 1. The van der Waals surface area contributed by atoms with Crippen LogP contribution in [0.1, 0.15) is 62.3 Å². The van der Waals surface area contributed by atoms with Crippen molar-refractivity contribution in [2.45, 2.75) is 62.3 Å². The van der Waals surface area contributed by atoms with Gasteiger partial charge in [-0.05, 0) is 16.2 Å². The van der Waals surface area contributed by atoms with Gasteiger partial charge in [0.1, 0.15) is 0 Å². The summed E-state index contributed by atoms with van der Waals surface area (Å²) in [4.78, 5) is 0. The summed E-state index contributed by atoms with van der Waals surface area (Å²) in [5.41, 5.74) is -0.0833. The van der Waals surface area contributed by atoms with Crippen LogP contribution in [0.2, 0.25) is 0 Å². The molecule has 0 saturated carbocycles. The quantitative estimate of drug-likeness (QED) is 0.480. The van der Waals surface area contributed by atoms with E-state index in [1.807, 2.05) is 62.3 Å². The van der Waals surface area contributed by atoms with Gasteiger partial charge in [-0.3, -0.25) is 0 Å². The van der Waals surface area contributed by atoms with Crippen LogP contribution in [-0.4, -0.2) is 18.6 Å². The molecule has 0 aliphatic carbocycles. The van der Waals surface area contributed by atoms with Gasteiger partial charge in [0.2, 0.25) is 0 Å². The van der Waals surface area contributed by atoms with E-state index in [1.54, 1.807) is 0 Å². The summed E-state index contributed by atoms with van der Waals surface area (Å²) in [7, 11) is 0. The Labute approximate surface area is 147 Å². The minimum absolute atomic E-state index is 0. The monoisotopic (exact) mass is 335 g/mol. The minimum atomic E-state index is -0.0278. The molecule has 0 aromatic heterocycles. The van der Waals surface area contributed by atoms with Gasteiger partial charge in [0.25, 0.3) is 0 Å². The predicted molar refractivity (Wildman–Crippen MR) is 86.6 cm³/mol. The van der Waals surface area contributed by atoms with Crippen molar-refractivity contribution in [1.29, 1.82) is 0 Å². The number of hydrogen-bond acceptors (Lipinski definition) is 0. The van der Waals surface area contributed by atoms with E-state index < -0.39 is 0 Å². The van der Waals surface area contributed by atoms with Crippen LogP contribution < -0.4 is 12.4 Å². The minimum Gasteiger partial charge on any atom is -1.00 e. The van der Waals surface area contributed by atoms with E-state index in [-0.39, 0.29) is 50.4 Å². The van der Waals surface area contributed by atoms with Crippen LogP contribution in [-0.2, 0) is 21.7 Å². The van der Waals surface area contributed by atoms with Crippen LogP contribution in [0.3, 0.4) is 0 Å². The summed E-state index contributed by atoms with van der Waals surface area (Å²) in [5.74, 6) is 0. The topological polar surface area (TPSA) is 66.9 Å². The van der Waals surface area contributed by atoms with Crippen molar-refractivity contribution >= 4 is 18.6 Å². The van der Waals surface area contributed by atoms with E-state index >= 15 is 0 Å². The zero-order valence-corrected chi connectivity index (χ0v) is 16.8. The van der Waals surface area contributed by atoms with E-state index in [2.05, 4.69) is 0 Å². The molecule has 0 saturated heterocycles. The predicted octanol–water partition coefficient (Wildman–Crippen LogP) is 2.02. The van der Waals surface area contributed by atoms with Crippen molar-refractivity contribution in [1.82, 2.24) is 0 Å². The van der Waals surface area contributed by atoms with Crippen molar-refractivity contribution in [3.8, 4) is 0 Å². The third-order valence-corrected chi connectivity index (χ3v) is 1.16. The Bertz CT molecular complexity index is 203. The fourth-order valence-electron chi connectivity index (χ4n) is 0. The third-order valence-electron chi connectivity index (χ3n) is 1.16. The molecule has 0 heterocycles. The Balaban J connectivity index is -0.0000000536. The molecule has 0 aromatic carbocycles. The van der Waals surface area contributed by atoms with Crippen LogP contribution in [0.4, 0.5) is 0 Å². The first-order chi connectivity index (χ1) is 7.68. The molecule has 0 unspecified atom stereocenters. The summed E-state index contributed by atoms with van der Waals surface area (Å²) in [6, 6.07) is 0. The standard InChI is InChI=1S/3C5H10N.ClH.Ti/c3*1-5(2,3)4-6;;/h3*4H,1-3H3;1H;/q3*-1;;+4/p-1. The largest absolute Gasteiger partial charge is 4.00 e. The van der Waals surface area contributed by atoms with Gasteiger partial charge in [-0.15, -0.1) is 0 Å². The van der Waals surface area contributed by atoms with Gasteiger partial charge < -0.3 is 28.6 Å². The average Bonchev–Trinajstić information content (AvgIpc) is 2.16. The van der Waals surface area contributed by atoms with E-state index in [1.165, 1.54) is 18.6 Å². The molecule has 0 aromatic rings. The molecule has 20 heavy (non-hydrogen) atoms. The second-order valence-electron chi connectivity index (χ2n) is 7.49. The molecule has 0 amide bonds. The van der Waals surface area contributed by atoms with Gasteiger partial charge in [-0.2, -0.15) is 0 Å². The summed E-state index contributed by atoms with van der Waals surface area (Å²) < 4.78 is 0. The van der Waals surface area contributed by atoms with Crippen LogP contribution >= 0.6 is 0 Å². The smallest absolute Gasteiger partial charge is 1.00 e. The summed E-state index contributed by atoms with van der Waals surface area (Å²) in [5, 5.41) is 24.8. The van der Waals surface area contributed by atoms with Crippen LogP contribution in [0, 0.1) is 16.2 Å². The van der Waals surface area contributed by atoms with Gasteiger partial charge in [0.05, 0.1) is 0 Å². The number of rotatable bonds is 0. The SMILES string of the molecule is CC(C)(C)C=[N-].CC(C)(C)C=[N-].CC(C)(C)C=[N-].[Cl-].[Ti+4]. The molecular weight excluding hydrogens is 306 g/mol. The molecule has 5 heteroatoms. The molecule has 116 valence electrons. The Hall–Kier alpha value is 0.0143. The first kappa shape index (κ1) is 32.1. The maximum Gasteiger partial charge on any atom is 4.00 e. The number of hydrogen-bond donors (Lipinski definition) is 0. The third kappa shape index (κ3) is 64.2. The first-order valence-corrected chi connectivity index (χ1v) is 6.14. The maximum atomic E-state index is 8.28. The van der Waals surface area contributed by atoms with Gasteiger partial charge in [-0.1, -0.05) is 62.3 Å². The zero-order chi connectivity index (χ0) is 15.6. The summed E-state index contributed by atoms with van der Waals surface area (Å²) >= 11 is 0. The number of nitrogens with zero attached hydrogens (tertiary/aromatic N) is 3. The van der Waals surface area contributed by atoms with Crippen molar-refractivity contribution in [2.24, 2.45) is 16.2 Å². The van der Waals surface area contributed by atoms with Gasteiger partial charge >= 0.3 is 21.7 Å². The molecule has 0 bridgehead atoms. The average molecular weight is 336 g/mol. The van der Waals surface area contributed by atoms with Crippen molar-refractivity contribution in [3.63, 3.8) is 0 Å². The van der Waals surface area contributed by atoms with Gasteiger partial charge in [0.15, 0.2) is 0 Å². The molecule has 0 aliphatic rings. The molecule has 0 rings (SSSR count). The van der Waals surface area contributed by atoms with E-state index in [9.17, 15) is 0 Å². The van der Waals surface area contributed by atoms with Crippen LogP contribution in [0.15, 0.2) is 0 Å². The fourth-order valence-corrected chi connectivity index (χ4v) is 0. The summed E-state index contributed by atoms with van der Waals surface area (Å²) in [6.45, 7) is 17.4. The van der Waals surface area contributed by atoms with E-state index in [0.29, 0.717) is 0 Å². The maximum absolute atomic E-state index is 8.28. The Morgan fingerprint density at radius 3 is 0.550 bits per heavy atom. The van der Waals surface area contributed by atoms with E-state index in [0.717, 1.165) is 0 Å². The molecule has 3 nitrogen and oxygen atoms in total. The Morgan fingerprint density at radius 1 is 0.500 bits per heavy atom. The van der Waals surface area contributed by atoms with Crippen LogP contribution in [0.5, 0.6) is 0 Å². The second kappa shape index (κ2) is 14.0. The first-order valence-electron chi connectivity index (χ1n) is 6.14. The molecule has 0 fully saturated rings. The fraction of sp³-hybridized carbons (Fsp3) is 0.800. The van der Waals surface area contributed by atoms with Gasteiger partial charge in [0, 0.05) is 0 Å². The Morgan fingerprint density at radius 2 is 0.550 bits per heavy atom. The Kier molecular flexibility index (Phi) is 22.4. The van der Waals surface area contributed by atoms with Gasteiger partial charge in [-0.25, -0.2) is 18.6 Å². The molecular formula is C15H30ClN3Ti. The van der Waals surface area contributed by atoms with Crippen LogP contribution in [0.25, 0.3) is 16.2 Å². The van der Waals surface area contributed by atoms with E-state index in [4.69, 9.17) is 16.2 Å². The molecule has 0 atom stereocenters. The van der Waals surface area contributed by atoms with Crippen molar-refractivity contribution in [2.75, 3.05) is 0 Å². The zero-order valence-electron chi connectivity index (χ0n) is 14.5.